The first-order chi connectivity index (χ1) is 15.6. The number of carboxylic acid groups (broad SMARTS) is 1. The number of benzene rings is 3. The number of aliphatic carboxylic acids is 1. The van der Waals surface area contributed by atoms with Crippen LogP contribution in [0.25, 0.3) is 11.1 Å². The average Bonchev–Trinajstić information content (AvgIpc) is 3.12. The van der Waals surface area contributed by atoms with Gasteiger partial charge in [0.05, 0.1) is 13.0 Å². The van der Waals surface area contributed by atoms with Gasteiger partial charge in [0.1, 0.15) is 12.8 Å². The van der Waals surface area contributed by atoms with E-state index in [4.69, 9.17) is 14.6 Å². The molecule has 0 heterocycles. The zero-order valence-electron chi connectivity index (χ0n) is 17.6. The Kier molecular flexibility index (Phi) is 6.82. The zero-order chi connectivity index (χ0) is 22.3. The third-order valence-corrected chi connectivity index (χ3v) is 5.52. The van der Waals surface area contributed by atoms with Gasteiger partial charge in [0.25, 0.3) is 0 Å². The molecule has 1 amide bonds. The molecule has 0 bridgehead atoms. The number of alkyl carbamates (subject to hydrolysis) is 1. The maximum atomic E-state index is 12.6. The van der Waals surface area contributed by atoms with Gasteiger partial charge in [-0.25, -0.2) is 4.79 Å². The molecule has 0 fully saturated rings. The number of ether oxygens (including phenoxy) is 2. The molecule has 3 aromatic rings. The molecule has 4 rings (SSSR count). The van der Waals surface area contributed by atoms with Crippen LogP contribution in [0.3, 0.4) is 0 Å². The normalized spacial score (nSPS) is 13.1. The molecular weight excluding hydrogens is 406 g/mol. The fourth-order valence-corrected chi connectivity index (χ4v) is 4.04. The highest BCUT2D eigenvalue weighted by Gasteiger charge is 2.29. The molecular formula is C26H25NO5. The Labute approximate surface area is 186 Å². The molecule has 1 atom stereocenters. The molecule has 1 aliphatic carbocycles. The Morgan fingerprint density at radius 3 is 2.09 bits per heavy atom. The molecule has 0 radical (unpaired) electrons. The Morgan fingerprint density at radius 2 is 1.47 bits per heavy atom. The van der Waals surface area contributed by atoms with Gasteiger partial charge in [-0.05, 0) is 27.8 Å². The van der Waals surface area contributed by atoms with Crippen LogP contribution >= 0.6 is 0 Å². The van der Waals surface area contributed by atoms with Crippen molar-refractivity contribution in [3.8, 4) is 11.1 Å². The molecule has 32 heavy (non-hydrogen) atoms. The molecule has 164 valence electrons. The van der Waals surface area contributed by atoms with Gasteiger partial charge in [-0.15, -0.1) is 0 Å². The first kappa shape index (κ1) is 21.6. The average molecular weight is 431 g/mol. The van der Waals surface area contributed by atoms with Gasteiger partial charge in [-0.1, -0.05) is 78.9 Å². The molecule has 2 N–H and O–H groups in total. The van der Waals surface area contributed by atoms with Crippen molar-refractivity contribution in [3.63, 3.8) is 0 Å². The molecule has 0 aromatic heterocycles. The predicted octanol–water partition coefficient (Wildman–Crippen LogP) is 4.59. The van der Waals surface area contributed by atoms with E-state index < -0.39 is 18.3 Å². The molecule has 0 unspecified atom stereocenters. The van der Waals surface area contributed by atoms with E-state index in [1.807, 2.05) is 54.6 Å². The number of hydrogen-bond donors (Lipinski definition) is 2. The molecule has 6 nitrogen and oxygen atoms in total. The van der Waals surface area contributed by atoms with Gasteiger partial charge in [0, 0.05) is 12.3 Å². The number of carboxylic acids is 1. The number of rotatable bonds is 9. The monoisotopic (exact) mass is 431 g/mol. The van der Waals surface area contributed by atoms with E-state index >= 15 is 0 Å². The first-order valence-corrected chi connectivity index (χ1v) is 10.6. The SMILES string of the molecule is O=C(O)CCO[C@@H](Cc1ccccc1)NC(=O)OCC1c2ccccc2-c2ccccc21. The zero-order valence-corrected chi connectivity index (χ0v) is 17.6. The second-order valence-corrected chi connectivity index (χ2v) is 7.66. The third kappa shape index (κ3) is 5.15. The third-order valence-electron chi connectivity index (χ3n) is 5.52. The maximum Gasteiger partial charge on any atom is 0.409 e. The number of fused-ring (bicyclic) bond motifs is 3. The summed E-state index contributed by atoms with van der Waals surface area (Å²) in [7, 11) is 0. The van der Waals surface area contributed by atoms with E-state index in [0.717, 1.165) is 27.8 Å². The fraction of sp³-hybridized carbons (Fsp3) is 0.231. The number of nitrogens with one attached hydrogen (secondary N) is 1. The van der Waals surface area contributed by atoms with E-state index in [1.54, 1.807) is 0 Å². The van der Waals surface area contributed by atoms with E-state index in [2.05, 4.69) is 29.6 Å². The van der Waals surface area contributed by atoms with Crippen LogP contribution in [-0.2, 0) is 20.7 Å². The van der Waals surface area contributed by atoms with E-state index in [1.165, 1.54) is 0 Å². The van der Waals surface area contributed by atoms with Crippen molar-refractivity contribution in [1.29, 1.82) is 0 Å². The van der Waals surface area contributed by atoms with Crippen molar-refractivity contribution >= 4 is 12.1 Å². The number of hydrogen-bond acceptors (Lipinski definition) is 4. The minimum Gasteiger partial charge on any atom is -0.481 e. The molecule has 0 spiro atoms. The summed E-state index contributed by atoms with van der Waals surface area (Å²) in [5.41, 5.74) is 5.57. The number of amides is 1. The highest BCUT2D eigenvalue weighted by atomic mass is 16.6. The first-order valence-electron chi connectivity index (χ1n) is 10.6. The lowest BCUT2D eigenvalue weighted by Crippen LogP contribution is -2.39. The van der Waals surface area contributed by atoms with Crippen LogP contribution in [0.5, 0.6) is 0 Å². The van der Waals surface area contributed by atoms with Gasteiger partial charge >= 0.3 is 12.1 Å². The lowest BCUT2D eigenvalue weighted by Gasteiger charge is -2.20. The van der Waals surface area contributed by atoms with Crippen LogP contribution in [0.4, 0.5) is 4.79 Å². The lowest BCUT2D eigenvalue weighted by molar-refractivity contribution is -0.138. The fourth-order valence-electron chi connectivity index (χ4n) is 4.04. The highest BCUT2D eigenvalue weighted by Crippen LogP contribution is 2.44. The number of carbonyl (C=O) groups excluding carboxylic acids is 1. The summed E-state index contributed by atoms with van der Waals surface area (Å²) >= 11 is 0. The van der Waals surface area contributed by atoms with Crippen molar-refractivity contribution in [2.24, 2.45) is 0 Å². The summed E-state index contributed by atoms with van der Waals surface area (Å²) in [6.07, 6.45) is -1.02. The summed E-state index contributed by atoms with van der Waals surface area (Å²) < 4.78 is 11.2. The summed E-state index contributed by atoms with van der Waals surface area (Å²) in [6.45, 7) is 0.198. The minimum atomic E-state index is -0.954. The van der Waals surface area contributed by atoms with Crippen LogP contribution in [0.15, 0.2) is 78.9 Å². The quantitative estimate of drug-likeness (QED) is 0.484. The van der Waals surface area contributed by atoms with Gasteiger partial charge in [0.15, 0.2) is 0 Å². The molecule has 1 aliphatic rings. The van der Waals surface area contributed by atoms with Gasteiger partial charge in [0.2, 0.25) is 0 Å². The topological polar surface area (TPSA) is 84.9 Å². The van der Waals surface area contributed by atoms with Crippen LogP contribution < -0.4 is 5.32 Å². The van der Waals surface area contributed by atoms with E-state index in [0.29, 0.717) is 6.42 Å². The van der Waals surface area contributed by atoms with E-state index in [-0.39, 0.29) is 25.6 Å². The van der Waals surface area contributed by atoms with Crippen LogP contribution in [0.1, 0.15) is 29.0 Å². The Bertz CT molecular complexity index is 1040. The van der Waals surface area contributed by atoms with Crippen molar-refractivity contribution in [2.75, 3.05) is 13.2 Å². The van der Waals surface area contributed by atoms with Gasteiger partial charge in [-0.3, -0.25) is 10.1 Å². The Balaban J connectivity index is 1.40. The van der Waals surface area contributed by atoms with Crippen LogP contribution in [-0.4, -0.2) is 36.6 Å². The summed E-state index contributed by atoms with van der Waals surface area (Å²) in [4.78, 5) is 23.4. The summed E-state index contributed by atoms with van der Waals surface area (Å²) in [5, 5.41) is 11.6. The predicted molar refractivity (Wildman–Crippen MR) is 120 cm³/mol. The van der Waals surface area contributed by atoms with Crippen molar-refractivity contribution in [1.82, 2.24) is 5.32 Å². The minimum absolute atomic E-state index is 0.00348. The highest BCUT2D eigenvalue weighted by molar-refractivity contribution is 5.79. The second kappa shape index (κ2) is 10.1. The van der Waals surface area contributed by atoms with Crippen molar-refractivity contribution < 1.29 is 24.2 Å². The lowest BCUT2D eigenvalue weighted by atomic mass is 9.98. The van der Waals surface area contributed by atoms with Crippen LogP contribution in [0.2, 0.25) is 0 Å². The smallest absolute Gasteiger partial charge is 0.409 e. The number of carbonyl (C=O) groups is 2. The van der Waals surface area contributed by atoms with Crippen LogP contribution in [0, 0.1) is 0 Å². The second-order valence-electron chi connectivity index (χ2n) is 7.66. The standard InChI is InChI=1S/C26H25NO5/c28-25(29)14-15-31-24(16-18-8-2-1-3-9-18)27-26(30)32-17-23-21-12-6-4-10-19(21)20-11-5-7-13-22(20)23/h1-13,23-24H,14-17H2,(H,27,30)(H,28,29)/t24-/m0/s1. The van der Waals surface area contributed by atoms with Crippen molar-refractivity contribution in [2.45, 2.75) is 25.0 Å². The largest absolute Gasteiger partial charge is 0.481 e. The summed E-state index contributed by atoms with van der Waals surface area (Å²) in [5.74, 6) is -0.988. The molecule has 6 heteroatoms. The Morgan fingerprint density at radius 1 is 0.875 bits per heavy atom. The van der Waals surface area contributed by atoms with Gasteiger partial charge < -0.3 is 14.6 Å². The maximum absolute atomic E-state index is 12.6. The molecule has 0 saturated heterocycles. The van der Waals surface area contributed by atoms with Crippen molar-refractivity contribution in [3.05, 3.63) is 95.6 Å². The summed E-state index contributed by atoms with van der Waals surface area (Å²) in [6, 6.07) is 25.8. The molecule has 0 aliphatic heterocycles. The van der Waals surface area contributed by atoms with Gasteiger partial charge in [-0.2, -0.15) is 0 Å². The Hall–Kier alpha value is -3.64. The molecule has 3 aromatic carbocycles. The van der Waals surface area contributed by atoms with E-state index in [9.17, 15) is 9.59 Å². The molecule has 0 saturated carbocycles.